The van der Waals surface area contributed by atoms with E-state index < -0.39 is 5.97 Å². The molecule has 0 aromatic heterocycles. The molecule has 2 N–H and O–H groups in total. The van der Waals surface area contributed by atoms with Crippen LogP contribution in [0.5, 0.6) is 0 Å². The molecule has 3 unspecified atom stereocenters. The second kappa shape index (κ2) is 7.63. The van der Waals surface area contributed by atoms with E-state index in [0.717, 1.165) is 0 Å². The maximum atomic E-state index is 10.8. The predicted molar refractivity (Wildman–Crippen MR) is 64.5 cm³/mol. The SMILES string of the molecule is CCOCC(NC(C)C(C)C(=O)O)C(C)C. The van der Waals surface area contributed by atoms with Gasteiger partial charge < -0.3 is 15.2 Å². The van der Waals surface area contributed by atoms with Crippen LogP contribution in [0.25, 0.3) is 0 Å². The summed E-state index contributed by atoms with van der Waals surface area (Å²) >= 11 is 0. The Balaban J connectivity index is 4.22. The molecule has 0 aromatic rings. The van der Waals surface area contributed by atoms with E-state index in [1.54, 1.807) is 6.92 Å². The molecule has 0 bridgehead atoms. The van der Waals surface area contributed by atoms with Gasteiger partial charge in [0.25, 0.3) is 0 Å². The third-order valence-corrected chi connectivity index (χ3v) is 2.92. The molecule has 0 heterocycles. The molecule has 0 aliphatic rings. The smallest absolute Gasteiger partial charge is 0.307 e. The minimum atomic E-state index is -0.765. The van der Waals surface area contributed by atoms with E-state index in [9.17, 15) is 4.79 Å². The van der Waals surface area contributed by atoms with Gasteiger partial charge in [-0.25, -0.2) is 0 Å². The second-order valence-electron chi connectivity index (χ2n) is 4.59. The molecule has 0 saturated heterocycles. The van der Waals surface area contributed by atoms with Crippen LogP contribution in [0.4, 0.5) is 0 Å². The molecule has 0 aromatic carbocycles. The largest absolute Gasteiger partial charge is 0.481 e. The van der Waals surface area contributed by atoms with Crippen molar-refractivity contribution in [1.82, 2.24) is 5.32 Å². The van der Waals surface area contributed by atoms with Crippen LogP contribution in [0.2, 0.25) is 0 Å². The summed E-state index contributed by atoms with van der Waals surface area (Å²) in [5.74, 6) is -0.725. The topological polar surface area (TPSA) is 58.6 Å². The highest BCUT2D eigenvalue weighted by Gasteiger charge is 2.23. The zero-order chi connectivity index (χ0) is 12.7. The number of hydrogen-bond donors (Lipinski definition) is 2. The second-order valence-corrected chi connectivity index (χ2v) is 4.59. The number of rotatable bonds is 8. The van der Waals surface area contributed by atoms with Crippen molar-refractivity contribution in [2.24, 2.45) is 11.8 Å². The lowest BCUT2D eigenvalue weighted by Crippen LogP contribution is -2.47. The zero-order valence-electron chi connectivity index (χ0n) is 11.0. The molecule has 4 nitrogen and oxygen atoms in total. The predicted octanol–water partition coefficient (Wildman–Crippen LogP) is 1.75. The number of carboxylic acid groups (broad SMARTS) is 1. The van der Waals surface area contributed by atoms with E-state index in [1.807, 2.05) is 13.8 Å². The molecule has 0 amide bonds. The number of ether oxygens (including phenoxy) is 1. The first-order chi connectivity index (χ1) is 7.40. The fraction of sp³-hybridized carbons (Fsp3) is 0.917. The Morgan fingerprint density at radius 1 is 1.31 bits per heavy atom. The summed E-state index contributed by atoms with van der Waals surface area (Å²) in [4.78, 5) is 10.8. The molecule has 0 fully saturated rings. The number of carboxylic acids is 1. The van der Waals surface area contributed by atoms with E-state index in [-0.39, 0.29) is 18.0 Å². The maximum Gasteiger partial charge on any atom is 0.307 e. The quantitative estimate of drug-likeness (QED) is 0.668. The van der Waals surface area contributed by atoms with E-state index >= 15 is 0 Å². The van der Waals surface area contributed by atoms with Crippen molar-refractivity contribution < 1.29 is 14.6 Å². The van der Waals surface area contributed by atoms with Gasteiger partial charge in [0.1, 0.15) is 0 Å². The summed E-state index contributed by atoms with van der Waals surface area (Å²) in [6, 6.07) is 0.155. The number of hydrogen-bond acceptors (Lipinski definition) is 3. The van der Waals surface area contributed by atoms with Crippen molar-refractivity contribution in [3.05, 3.63) is 0 Å². The molecule has 0 spiro atoms. The monoisotopic (exact) mass is 231 g/mol. The Labute approximate surface area is 98.4 Å². The van der Waals surface area contributed by atoms with Gasteiger partial charge in [0, 0.05) is 18.7 Å². The first kappa shape index (κ1) is 15.4. The lowest BCUT2D eigenvalue weighted by atomic mass is 9.99. The van der Waals surface area contributed by atoms with Crippen LogP contribution in [0.1, 0.15) is 34.6 Å². The molecular formula is C12H25NO3. The highest BCUT2D eigenvalue weighted by molar-refractivity contribution is 5.70. The van der Waals surface area contributed by atoms with Crippen molar-refractivity contribution >= 4 is 5.97 Å². The maximum absolute atomic E-state index is 10.8. The summed E-state index contributed by atoms with van der Waals surface area (Å²) in [5, 5.41) is 12.2. The highest BCUT2D eigenvalue weighted by atomic mass is 16.5. The Bertz CT molecular complexity index is 206. The number of carbonyl (C=O) groups is 1. The summed E-state index contributed by atoms with van der Waals surface area (Å²) in [5.41, 5.74) is 0. The van der Waals surface area contributed by atoms with Crippen LogP contribution in [0, 0.1) is 11.8 Å². The third kappa shape index (κ3) is 5.47. The lowest BCUT2D eigenvalue weighted by Gasteiger charge is -2.28. The molecular weight excluding hydrogens is 206 g/mol. The molecule has 0 aliphatic heterocycles. The van der Waals surface area contributed by atoms with Crippen LogP contribution in [0.15, 0.2) is 0 Å². The Kier molecular flexibility index (Phi) is 7.34. The van der Waals surface area contributed by atoms with Gasteiger partial charge in [0.05, 0.1) is 12.5 Å². The minimum absolute atomic E-state index is 0.0506. The molecule has 3 atom stereocenters. The Morgan fingerprint density at radius 2 is 1.88 bits per heavy atom. The molecule has 96 valence electrons. The average Bonchev–Trinajstić information content (AvgIpc) is 2.21. The minimum Gasteiger partial charge on any atom is -0.481 e. The van der Waals surface area contributed by atoms with Crippen molar-refractivity contribution in [2.45, 2.75) is 46.7 Å². The van der Waals surface area contributed by atoms with Gasteiger partial charge in [-0.3, -0.25) is 4.79 Å². The standard InChI is InChI=1S/C12H25NO3/c1-6-16-7-11(8(2)3)13-10(5)9(4)12(14)15/h8-11,13H,6-7H2,1-5H3,(H,14,15). The fourth-order valence-electron chi connectivity index (χ4n) is 1.37. The van der Waals surface area contributed by atoms with Crippen molar-refractivity contribution in [3.63, 3.8) is 0 Å². The van der Waals surface area contributed by atoms with Crippen LogP contribution >= 0.6 is 0 Å². The van der Waals surface area contributed by atoms with E-state index in [2.05, 4.69) is 19.2 Å². The first-order valence-corrected chi connectivity index (χ1v) is 5.96. The normalized spacial score (nSPS) is 17.1. The van der Waals surface area contributed by atoms with E-state index in [4.69, 9.17) is 9.84 Å². The van der Waals surface area contributed by atoms with Crippen LogP contribution < -0.4 is 5.32 Å². The van der Waals surface area contributed by atoms with Crippen LogP contribution in [-0.2, 0) is 9.53 Å². The number of nitrogens with one attached hydrogen (secondary N) is 1. The van der Waals surface area contributed by atoms with Gasteiger partial charge in [-0.1, -0.05) is 20.8 Å². The summed E-state index contributed by atoms with van der Waals surface area (Å²) in [6.07, 6.45) is 0. The van der Waals surface area contributed by atoms with Gasteiger partial charge in [0.2, 0.25) is 0 Å². The fourth-order valence-corrected chi connectivity index (χ4v) is 1.37. The van der Waals surface area contributed by atoms with Crippen molar-refractivity contribution in [2.75, 3.05) is 13.2 Å². The molecule has 16 heavy (non-hydrogen) atoms. The van der Waals surface area contributed by atoms with Crippen LogP contribution in [0.3, 0.4) is 0 Å². The van der Waals surface area contributed by atoms with Gasteiger partial charge in [-0.05, 0) is 19.8 Å². The summed E-state index contributed by atoms with van der Waals surface area (Å²) in [6.45, 7) is 11.1. The summed E-state index contributed by atoms with van der Waals surface area (Å²) < 4.78 is 5.39. The van der Waals surface area contributed by atoms with Crippen molar-refractivity contribution in [3.8, 4) is 0 Å². The van der Waals surface area contributed by atoms with Gasteiger partial charge in [-0.2, -0.15) is 0 Å². The molecule has 0 radical (unpaired) electrons. The molecule has 0 aliphatic carbocycles. The average molecular weight is 231 g/mol. The van der Waals surface area contributed by atoms with Gasteiger partial charge in [0.15, 0.2) is 0 Å². The molecule has 0 saturated carbocycles. The Hall–Kier alpha value is -0.610. The lowest BCUT2D eigenvalue weighted by molar-refractivity contribution is -0.142. The highest BCUT2D eigenvalue weighted by Crippen LogP contribution is 2.08. The molecule has 0 rings (SSSR count). The van der Waals surface area contributed by atoms with Crippen molar-refractivity contribution in [1.29, 1.82) is 0 Å². The van der Waals surface area contributed by atoms with Gasteiger partial charge in [-0.15, -0.1) is 0 Å². The van der Waals surface area contributed by atoms with E-state index in [0.29, 0.717) is 19.1 Å². The van der Waals surface area contributed by atoms with Crippen LogP contribution in [-0.4, -0.2) is 36.4 Å². The number of aliphatic carboxylic acids is 1. The Morgan fingerprint density at radius 3 is 2.25 bits per heavy atom. The first-order valence-electron chi connectivity index (χ1n) is 5.96. The molecule has 4 heteroatoms. The third-order valence-electron chi connectivity index (χ3n) is 2.92. The van der Waals surface area contributed by atoms with Gasteiger partial charge >= 0.3 is 5.97 Å². The van der Waals surface area contributed by atoms with E-state index in [1.165, 1.54) is 0 Å². The zero-order valence-corrected chi connectivity index (χ0v) is 11.0. The summed E-state index contributed by atoms with van der Waals surface area (Å²) in [7, 11) is 0.